The number of nitrogens with zero attached hydrogens (tertiary/aromatic N) is 1. The largest absolute Gasteiger partial charge is 0.496 e. The fourth-order valence-corrected chi connectivity index (χ4v) is 3.60. The van der Waals surface area contributed by atoms with Gasteiger partial charge in [-0.1, -0.05) is 12.1 Å². The molecule has 0 unspecified atom stereocenters. The van der Waals surface area contributed by atoms with Crippen LogP contribution in [0.5, 0.6) is 17.2 Å². The fraction of sp³-hybridized carbons (Fsp3) is 0.211. The summed E-state index contributed by atoms with van der Waals surface area (Å²) in [7, 11) is 0.318. The second kappa shape index (κ2) is 8.56. The molecule has 0 amide bonds. The summed E-state index contributed by atoms with van der Waals surface area (Å²) in [6, 6.07) is 9.85. The Bertz CT molecular complexity index is 967. The van der Waals surface area contributed by atoms with Crippen molar-refractivity contribution < 1.29 is 27.0 Å². The summed E-state index contributed by atoms with van der Waals surface area (Å²) in [5.41, 5.74) is 0.659. The average Bonchev–Trinajstić information content (AvgIpc) is 2.66. The quantitative estimate of drug-likeness (QED) is 0.673. The molecule has 0 spiro atoms. The molecule has 142 valence electrons. The summed E-state index contributed by atoms with van der Waals surface area (Å²) < 4.78 is 54.0. The van der Waals surface area contributed by atoms with Gasteiger partial charge in [0.15, 0.2) is 9.84 Å². The molecule has 0 bridgehead atoms. The van der Waals surface area contributed by atoms with Crippen molar-refractivity contribution in [3.8, 4) is 23.3 Å². The zero-order chi connectivity index (χ0) is 20.0. The number of hydrogen-bond acceptors (Lipinski definition) is 6. The van der Waals surface area contributed by atoms with Crippen LogP contribution in [0, 0.1) is 17.1 Å². The molecule has 2 aromatic rings. The lowest BCUT2D eigenvalue weighted by atomic mass is 10.1. The summed E-state index contributed by atoms with van der Waals surface area (Å²) in [4.78, 5) is -0.464. The Morgan fingerprint density at radius 2 is 1.63 bits per heavy atom. The van der Waals surface area contributed by atoms with Crippen LogP contribution in [-0.4, -0.2) is 29.7 Å². The minimum Gasteiger partial charge on any atom is -0.496 e. The van der Waals surface area contributed by atoms with Crippen LogP contribution in [0.3, 0.4) is 0 Å². The van der Waals surface area contributed by atoms with Crippen LogP contribution in [-0.2, 0) is 15.6 Å². The number of ether oxygens (including phenoxy) is 3. The third-order valence-corrected chi connectivity index (χ3v) is 5.34. The van der Waals surface area contributed by atoms with E-state index in [0.717, 1.165) is 12.1 Å². The molecule has 8 heteroatoms. The lowest BCUT2D eigenvalue weighted by Gasteiger charge is -2.13. The lowest BCUT2D eigenvalue weighted by molar-refractivity contribution is 0.374. The molecule has 2 rings (SSSR count). The summed E-state index contributed by atoms with van der Waals surface area (Å²) in [6.07, 6.45) is 1.19. The van der Waals surface area contributed by atoms with Crippen molar-refractivity contribution in [1.29, 1.82) is 5.26 Å². The smallest absolute Gasteiger partial charge is 0.192 e. The molecule has 0 aliphatic rings. The predicted molar refractivity (Wildman–Crippen MR) is 98.7 cm³/mol. The topological polar surface area (TPSA) is 85.6 Å². The predicted octanol–water partition coefficient (Wildman–Crippen LogP) is 3.33. The minimum atomic E-state index is -3.97. The van der Waals surface area contributed by atoms with Crippen LogP contribution < -0.4 is 14.2 Å². The minimum absolute atomic E-state index is 0.288. The van der Waals surface area contributed by atoms with Gasteiger partial charge in [0.05, 0.1) is 32.6 Å². The average molecular weight is 391 g/mol. The van der Waals surface area contributed by atoms with E-state index in [9.17, 15) is 18.1 Å². The first-order chi connectivity index (χ1) is 12.8. The maximum atomic E-state index is 13.0. The van der Waals surface area contributed by atoms with Crippen LogP contribution in [0.15, 0.2) is 41.3 Å². The second-order valence-corrected chi connectivity index (χ2v) is 7.41. The molecule has 0 N–H and O–H groups in total. The van der Waals surface area contributed by atoms with Gasteiger partial charge < -0.3 is 14.2 Å². The Hall–Kier alpha value is -3.05. The van der Waals surface area contributed by atoms with E-state index in [0.29, 0.717) is 16.9 Å². The van der Waals surface area contributed by atoms with Gasteiger partial charge in [-0.15, -0.1) is 0 Å². The molecule has 0 atom stereocenters. The van der Waals surface area contributed by atoms with Crippen molar-refractivity contribution >= 4 is 15.9 Å². The normalized spacial score (nSPS) is 11.6. The van der Waals surface area contributed by atoms with Crippen LogP contribution in [0.1, 0.15) is 11.1 Å². The van der Waals surface area contributed by atoms with Crippen molar-refractivity contribution in [2.75, 3.05) is 21.3 Å². The van der Waals surface area contributed by atoms with Gasteiger partial charge in [0, 0.05) is 12.1 Å². The lowest BCUT2D eigenvalue weighted by Crippen LogP contribution is -2.07. The van der Waals surface area contributed by atoms with E-state index >= 15 is 0 Å². The third-order valence-electron chi connectivity index (χ3n) is 3.74. The molecular weight excluding hydrogens is 373 g/mol. The maximum absolute atomic E-state index is 13.0. The molecule has 2 aromatic carbocycles. The highest BCUT2D eigenvalue weighted by Gasteiger charge is 2.21. The zero-order valence-electron chi connectivity index (χ0n) is 15.0. The molecule has 0 aliphatic heterocycles. The van der Waals surface area contributed by atoms with Gasteiger partial charge in [-0.05, 0) is 23.8 Å². The van der Waals surface area contributed by atoms with Gasteiger partial charge >= 0.3 is 0 Å². The van der Waals surface area contributed by atoms with Crippen LogP contribution in [0.25, 0.3) is 6.08 Å². The summed E-state index contributed by atoms with van der Waals surface area (Å²) >= 11 is 0. The van der Waals surface area contributed by atoms with E-state index in [1.54, 1.807) is 18.2 Å². The van der Waals surface area contributed by atoms with Gasteiger partial charge in [0.25, 0.3) is 0 Å². The molecule has 27 heavy (non-hydrogen) atoms. The molecule has 0 radical (unpaired) electrons. The van der Waals surface area contributed by atoms with Crippen LogP contribution >= 0.6 is 0 Å². The number of allylic oxidation sites excluding steroid dienone is 1. The standard InChI is InChI=1S/C19H18FNO5S/c1-24-15-8-18(25-2)17(19(9-15)26-3)10-16(11-21)27(22,23)12-13-4-6-14(20)7-5-13/h4-10H,12H2,1-3H3/b16-10-. The van der Waals surface area contributed by atoms with E-state index in [-0.39, 0.29) is 11.5 Å². The first kappa shape index (κ1) is 20.3. The molecule has 0 heterocycles. The van der Waals surface area contributed by atoms with Crippen molar-refractivity contribution in [3.63, 3.8) is 0 Å². The van der Waals surface area contributed by atoms with E-state index in [1.807, 2.05) is 0 Å². The fourth-order valence-electron chi connectivity index (χ4n) is 2.38. The Balaban J connectivity index is 2.51. The molecule has 6 nitrogen and oxygen atoms in total. The van der Waals surface area contributed by atoms with E-state index in [1.165, 1.54) is 39.5 Å². The molecule has 0 aliphatic carbocycles. The van der Waals surface area contributed by atoms with E-state index in [4.69, 9.17) is 14.2 Å². The molecule has 0 saturated carbocycles. The Morgan fingerprint density at radius 1 is 1.07 bits per heavy atom. The SMILES string of the molecule is COc1cc(OC)c(/C=C(/C#N)S(=O)(=O)Cc2ccc(F)cc2)c(OC)c1. The van der Waals surface area contributed by atoms with E-state index < -0.39 is 26.3 Å². The van der Waals surface area contributed by atoms with Crippen molar-refractivity contribution in [2.45, 2.75) is 5.75 Å². The number of rotatable bonds is 7. The highest BCUT2D eigenvalue weighted by Crippen LogP contribution is 2.36. The highest BCUT2D eigenvalue weighted by atomic mass is 32.2. The number of hydrogen-bond donors (Lipinski definition) is 0. The van der Waals surface area contributed by atoms with Gasteiger partial charge in [0.2, 0.25) is 0 Å². The molecule has 0 aromatic heterocycles. The van der Waals surface area contributed by atoms with Gasteiger partial charge in [-0.2, -0.15) is 5.26 Å². The van der Waals surface area contributed by atoms with Crippen molar-refractivity contribution in [1.82, 2.24) is 0 Å². The Kier molecular flexibility index (Phi) is 6.42. The van der Waals surface area contributed by atoms with Gasteiger partial charge in [0.1, 0.15) is 34.0 Å². The van der Waals surface area contributed by atoms with E-state index in [2.05, 4.69) is 0 Å². The third kappa shape index (κ3) is 4.77. The van der Waals surface area contributed by atoms with Crippen molar-refractivity contribution in [2.24, 2.45) is 0 Å². The number of methoxy groups -OCH3 is 3. The molecule has 0 fully saturated rings. The Morgan fingerprint density at radius 3 is 2.07 bits per heavy atom. The van der Waals surface area contributed by atoms with Crippen LogP contribution in [0.2, 0.25) is 0 Å². The summed E-state index contributed by atoms with van der Waals surface area (Å²) in [5, 5.41) is 9.41. The number of sulfone groups is 1. The monoisotopic (exact) mass is 391 g/mol. The molecular formula is C19H18FNO5S. The zero-order valence-corrected chi connectivity index (χ0v) is 15.8. The molecule has 0 saturated heterocycles. The van der Waals surface area contributed by atoms with Gasteiger partial charge in [-0.25, -0.2) is 12.8 Å². The first-order valence-corrected chi connectivity index (χ1v) is 9.39. The first-order valence-electron chi connectivity index (χ1n) is 7.73. The highest BCUT2D eigenvalue weighted by molar-refractivity contribution is 7.95. The number of benzene rings is 2. The number of nitriles is 1. The number of halogens is 1. The summed E-state index contributed by atoms with van der Waals surface area (Å²) in [5.74, 6) is 0.119. The van der Waals surface area contributed by atoms with Gasteiger partial charge in [-0.3, -0.25) is 0 Å². The summed E-state index contributed by atoms with van der Waals surface area (Å²) in [6.45, 7) is 0. The Labute approximate surface area is 157 Å². The maximum Gasteiger partial charge on any atom is 0.192 e. The second-order valence-electron chi connectivity index (χ2n) is 5.45. The van der Waals surface area contributed by atoms with Crippen molar-refractivity contribution in [3.05, 3.63) is 58.2 Å². The van der Waals surface area contributed by atoms with Crippen LogP contribution in [0.4, 0.5) is 4.39 Å².